The summed E-state index contributed by atoms with van der Waals surface area (Å²) in [7, 11) is 0. The summed E-state index contributed by atoms with van der Waals surface area (Å²) in [6.45, 7) is 9.76. The summed E-state index contributed by atoms with van der Waals surface area (Å²) in [6, 6.07) is 0.244. The van der Waals surface area contributed by atoms with Crippen molar-refractivity contribution in [1.29, 1.82) is 0 Å². The van der Waals surface area contributed by atoms with Crippen LogP contribution in [-0.2, 0) is 14.9 Å². The number of carbonyl (C=O) groups is 1. The molecule has 112 valence electrons. The van der Waals surface area contributed by atoms with Gasteiger partial charge in [-0.25, -0.2) is 9.48 Å². The average Bonchev–Trinajstić information content (AvgIpc) is 2.84. The van der Waals surface area contributed by atoms with Gasteiger partial charge in [0.2, 0.25) is 0 Å². The van der Waals surface area contributed by atoms with E-state index in [-0.39, 0.29) is 11.5 Å². The molecule has 1 saturated heterocycles. The fourth-order valence-electron chi connectivity index (χ4n) is 2.51. The van der Waals surface area contributed by atoms with Crippen LogP contribution in [0.4, 0.5) is 0 Å². The first-order chi connectivity index (χ1) is 9.45. The van der Waals surface area contributed by atoms with Gasteiger partial charge in [-0.3, -0.25) is 0 Å². The molecule has 0 aliphatic carbocycles. The standard InChI is InChI=1S/C14H23N3O3/c1-5-20-13(18)11-12(14(2,3)4)17(16-15-11)10-6-8-19-9-7-10/h10H,5-9H2,1-4H3. The van der Waals surface area contributed by atoms with Gasteiger partial charge < -0.3 is 9.47 Å². The van der Waals surface area contributed by atoms with Gasteiger partial charge in [-0.2, -0.15) is 0 Å². The monoisotopic (exact) mass is 281 g/mol. The van der Waals surface area contributed by atoms with Gasteiger partial charge in [0, 0.05) is 18.6 Å². The van der Waals surface area contributed by atoms with Crippen molar-refractivity contribution in [2.45, 2.75) is 52.0 Å². The van der Waals surface area contributed by atoms with Crippen molar-refractivity contribution in [2.75, 3.05) is 19.8 Å². The number of ether oxygens (including phenoxy) is 2. The molecule has 0 unspecified atom stereocenters. The zero-order chi connectivity index (χ0) is 14.8. The molecule has 2 heterocycles. The average molecular weight is 281 g/mol. The van der Waals surface area contributed by atoms with Gasteiger partial charge in [-0.1, -0.05) is 26.0 Å². The zero-order valence-electron chi connectivity index (χ0n) is 12.7. The number of nitrogens with zero attached hydrogens (tertiary/aromatic N) is 3. The highest BCUT2D eigenvalue weighted by Crippen LogP contribution is 2.30. The predicted molar refractivity (Wildman–Crippen MR) is 73.8 cm³/mol. The van der Waals surface area contributed by atoms with Crippen LogP contribution in [-0.4, -0.2) is 40.8 Å². The Hall–Kier alpha value is -1.43. The Bertz CT molecular complexity index is 470. The summed E-state index contributed by atoms with van der Waals surface area (Å²) in [5.74, 6) is -0.393. The Morgan fingerprint density at radius 1 is 1.40 bits per heavy atom. The maximum absolute atomic E-state index is 12.0. The van der Waals surface area contributed by atoms with E-state index in [1.54, 1.807) is 6.92 Å². The summed E-state index contributed by atoms with van der Waals surface area (Å²) >= 11 is 0. The lowest BCUT2D eigenvalue weighted by atomic mass is 9.89. The van der Waals surface area contributed by atoms with E-state index in [9.17, 15) is 4.79 Å². The molecule has 1 aromatic heterocycles. The predicted octanol–water partition coefficient (Wildman–Crippen LogP) is 2.10. The molecule has 6 nitrogen and oxygen atoms in total. The lowest BCUT2D eigenvalue weighted by Gasteiger charge is -2.28. The number of hydrogen-bond acceptors (Lipinski definition) is 5. The molecule has 0 radical (unpaired) electrons. The van der Waals surface area contributed by atoms with Gasteiger partial charge in [0.05, 0.1) is 18.3 Å². The molecule has 1 aliphatic heterocycles. The van der Waals surface area contributed by atoms with E-state index in [0.29, 0.717) is 12.3 Å². The Labute approximate surface area is 119 Å². The molecule has 0 saturated carbocycles. The third-order valence-electron chi connectivity index (χ3n) is 3.41. The second-order valence-corrected chi connectivity index (χ2v) is 6.05. The van der Waals surface area contributed by atoms with Gasteiger partial charge in [0.1, 0.15) is 0 Å². The van der Waals surface area contributed by atoms with E-state index >= 15 is 0 Å². The lowest BCUT2D eigenvalue weighted by Crippen LogP contribution is -2.28. The van der Waals surface area contributed by atoms with Gasteiger partial charge in [0.25, 0.3) is 0 Å². The smallest absolute Gasteiger partial charge is 0.360 e. The van der Waals surface area contributed by atoms with Crippen LogP contribution in [0.2, 0.25) is 0 Å². The van der Waals surface area contributed by atoms with E-state index in [4.69, 9.17) is 9.47 Å². The largest absolute Gasteiger partial charge is 0.461 e. The van der Waals surface area contributed by atoms with Crippen molar-refractivity contribution < 1.29 is 14.3 Å². The SMILES string of the molecule is CCOC(=O)c1nnn(C2CCOCC2)c1C(C)(C)C. The molecule has 1 aliphatic rings. The summed E-state index contributed by atoms with van der Waals surface area (Å²) in [4.78, 5) is 12.0. The van der Waals surface area contributed by atoms with Crippen molar-refractivity contribution in [3.05, 3.63) is 11.4 Å². The van der Waals surface area contributed by atoms with Gasteiger partial charge in [-0.05, 0) is 19.8 Å². The Balaban J connectivity index is 2.39. The highest BCUT2D eigenvalue weighted by Gasteiger charge is 2.32. The molecular weight excluding hydrogens is 258 g/mol. The van der Waals surface area contributed by atoms with E-state index in [1.165, 1.54) is 0 Å². The summed E-state index contributed by atoms with van der Waals surface area (Å²) in [6.07, 6.45) is 1.80. The number of rotatable bonds is 3. The Kier molecular flexibility index (Phi) is 4.42. The molecule has 0 aromatic carbocycles. The minimum Gasteiger partial charge on any atom is -0.461 e. The molecule has 1 fully saturated rings. The maximum Gasteiger partial charge on any atom is 0.360 e. The lowest BCUT2D eigenvalue weighted by molar-refractivity contribution is 0.0515. The van der Waals surface area contributed by atoms with Crippen LogP contribution in [0.3, 0.4) is 0 Å². The minimum absolute atomic E-state index is 0.218. The fraction of sp³-hybridized carbons (Fsp3) is 0.786. The first kappa shape index (κ1) is 15.0. The molecule has 1 aromatic rings. The molecule has 2 rings (SSSR count). The second-order valence-electron chi connectivity index (χ2n) is 6.05. The van der Waals surface area contributed by atoms with E-state index < -0.39 is 5.97 Å². The van der Waals surface area contributed by atoms with Crippen molar-refractivity contribution in [3.8, 4) is 0 Å². The van der Waals surface area contributed by atoms with E-state index in [2.05, 4.69) is 31.1 Å². The van der Waals surface area contributed by atoms with Crippen LogP contribution in [0.25, 0.3) is 0 Å². The van der Waals surface area contributed by atoms with Gasteiger partial charge >= 0.3 is 5.97 Å². The van der Waals surface area contributed by atoms with E-state index in [1.807, 2.05) is 4.68 Å². The first-order valence-electron chi connectivity index (χ1n) is 7.15. The molecule has 20 heavy (non-hydrogen) atoms. The molecule has 6 heteroatoms. The number of aromatic nitrogens is 3. The highest BCUT2D eigenvalue weighted by atomic mass is 16.5. The van der Waals surface area contributed by atoms with Crippen LogP contribution in [0.5, 0.6) is 0 Å². The summed E-state index contributed by atoms with van der Waals surface area (Å²) in [5.41, 5.74) is 0.970. The topological polar surface area (TPSA) is 66.2 Å². The van der Waals surface area contributed by atoms with Gasteiger partial charge in [-0.15, -0.1) is 5.10 Å². The van der Waals surface area contributed by atoms with Crippen molar-refractivity contribution in [3.63, 3.8) is 0 Å². The molecule has 0 bridgehead atoms. The third-order valence-corrected chi connectivity index (χ3v) is 3.41. The summed E-state index contributed by atoms with van der Waals surface area (Å²) in [5, 5.41) is 8.29. The normalized spacial score (nSPS) is 17.2. The Morgan fingerprint density at radius 3 is 2.60 bits per heavy atom. The number of esters is 1. The highest BCUT2D eigenvalue weighted by molar-refractivity contribution is 5.88. The molecule has 0 atom stereocenters. The molecule has 0 spiro atoms. The van der Waals surface area contributed by atoms with Crippen LogP contribution in [0.15, 0.2) is 0 Å². The van der Waals surface area contributed by atoms with E-state index in [0.717, 1.165) is 31.7 Å². The van der Waals surface area contributed by atoms with Crippen LogP contribution < -0.4 is 0 Å². The minimum atomic E-state index is -0.393. The van der Waals surface area contributed by atoms with Crippen molar-refractivity contribution in [1.82, 2.24) is 15.0 Å². The molecular formula is C14H23N3O3. The first-order valence-corrected chi connectivity index (χ1v) is 7.15. The van der Waals surface area contributed by atoms with Crippen LogP contribution in [0, 0.1) is 0 Å². The second kappa shape index (κ2) is 5.91. The summed E-state index contributed by atoms with van der Waals surface area (Å²) < 4.78 is 12.4. The third kappa shape index (κ3) is 3.00. The van der Waals surface area contributed by atoms with Gasteiger partial charge in [0.15, 0.2) is 5.69 Å². The Morgan fingerprint density at radius 2 is 2.05 bits per heavy atom. The quantitative estimate of drug-likeness (QED) is 0.794. The zero-order valence-corrected chi connectivity index (χ0v) is 12.7. The maximum atomic E-state index is 12.0. The van der Waals surface area contributed by atoms with Crippen molar-refractivity contribution >= 4 is 5.97 Å². The molecule has 0 amide bonds. The fourth-order valence-corrected chi connectivity index (χ4v) is 2.51. The number of carbonyl (C=O) groups excluding carboxylic acids is 1. The number of hydrogen-bond donors (Lipinski definition) is 0. The van der Waals surface area contributed by atoms with Crippen LogP contribution >= 0.6 is 0 Å². The van der Waals surface area contributed by atoms with Crippen LogP contribution in [0.1, 0.15) is 62.8 Å². The van der Waals surface area contributed by atoms with Crippen molar-refractivity contribution in [2.24, 2.45) is 0 Å². The molecule has 0 N–H and O–H groups in total.